The average molecular weight is 432 g/mol. The Hall–Kier alpha value is -2.65. The van der Waals surface area contributed by atoms with Gasteiger partial charge in [-0.15, -0.1) is 12.4 Å². The van der Waals surface area contributed by atoms with Crippen LogP contribution in [0.3, 0.4) is 0 Å². The number of amides is 2. The molecule has 1 saturated heterocycles. The van der Waals surface area contributed by atoms with E-state index < -0.39 is 40.5 Å². The van der Waals surface area contributed by atoms with Crippen molar-refractivity contribution in [2.24, 2.45) is 5.41 Å². The number of rotatable bonds is 5. The van der Waals surface area contributed by atoms with Crippen LogP contribution in [-0.4, -0.2) is 24.9 Å². The van der Waals surface area contributed by atoms with Crippen LogP contribution in [0.5, 0.6) is 0 Å². The SMILES string of the molecule is Cl.O=C(CC1(C(=O)Nc2ccc(F)c(F)c2)CCNC1)Nc1ccc(F)c(F)c1. The van der Waals surface area contributed by atoms with Crippen molar-refractivity contribution in [3.63, 3.8) is 0 Å². The molecule has 1 unspecified atom stereocenters. The number of nitrogens with one attached hydrogen (secondary N) is 3. The van der Waals surface area contributed by atoms with Crippen LogP contribution in [0.4, 0.5) is 28.9 Å². The van der Waals surface area contributed by atoms with Gasteiger partial charge in [-0.05, 0) is 37.2 Å². The molecule has 0 bridgehead atoms. The highest BCUT2D eigenvalue weighted by Gasteiger charge is 2.43. The molecule has 2 aromatic rings. The first-order valence-corrected chi connectivity index (χ1v) is 8.51. The van der Waals surface area contributed by atoms with Gasteiger partial charge in [-0.2, -0.15) is 0 Å². The summed E-state index contributed by atoms with van der Waals surface area (Å²) in [4.78, 5) is 25.1. The van der Waals surface area contributed by atoms with Crippen molar-refractivity contribution in [2.45, 2.75) is 12.8 Å². The summed E-state index contributed by atoms with van der Waals surface area (Å²) in [5, 5.41) is 7.94. The van der Waals surface area contributed by atoms with Gasteiger partial charge in [0.2, 0.25) is 11.8 Å². The van der Waals surface area contributed by atoms with Crippen LogP contribution < -0.4 is 16.0 Å². The summed E-state index contributed by atoms with van der Waals surface area (Å²) in [6.07, 6.45) is 0.113. The van der Waals surface area contributed by atoms with Gasteiger partial charge in [-0.25, -0.2) is 17.6 Å². The van der Waals surface area contributed by atoms with Gasteiger partial charge < -0.3 is 16.0 Å². The molecule has 3 rings (SSSR count). The number of hydrogen-bond donors (Lipinski definition) is 3. The molecule has 1 aliphatic heterocycles. The van der Waals surface area contributed by atoms with E-state index in [4.69, 9.17) is 0 Å². The van der Waals surface area contributed by atoms with Gasteiger partial charge in [-0.3, -0.25) is 9.59 Å². The Morgan fingerprint density at radius 1 is 0.897 bits per heavy atom. The zero-order valence-electron chi connectivity index (χ0n) is 15.0. The minimum Gasteiger partial charge on any atom is -0.326 e. The molecule has 3 N–H and O–H groups in total. The van der Waals surface area contributed by atoms with Crippen molar-refractivity contribution < 1.29 is 27.2 Å². The third-order valence-corrected chi connectivity index (χ3v) is 4.61. The maximum absolute atomic E-state index is 13.4. The molecule has 0 spiro atoms. The molecule has 1 fully saturated rings. The van der Waals surface area contributed by atoms with E-state index in [1.807, 2.05) is 0 Å². The Morgan fingerprint density at radius 2 is 1.45 bits per heavy atom. The van der Waals surface area contributed by atoms with Gasteiger partial charge in [0.25, 0.3) is 0 Å². The van der Waals surface area contributed by atoms with E-state index in [2.05, 4.69) is 16.0 Å². The molecule has 1 aliphatic rings. The molecule has 156 valence electrons. The Labute approximate surface area is 170 Å². The molecule has 1 atom stereocenters. The Bertz CT molecular complexity index is 920. The van der Waals surface area contributed by atoms with Crippen molar-refractivity contribution in [1.29, 1.82) is 0 Å². The molecule has 1 heterocycles. The number of benzene rings is 2. The highest BCUT2D eigenvalue weighted by Crippen LogP contribution is 2.32. The second-order valence-corrected chi connectivity index (χ2v) is 6.64. The third kappa shape index (κ3) is 5.24. The largest absolute Gasteiger partial charge is 0.326 e. The first-order valence-electron chi connectivity index (χ1n) is 8.51. The van der Waals surface area contributed by atoms with E-state index in [1.165, 1.54) is 12.1 Å². The Kier molecular flexibility index (Phi) is 7.21. The van der Waals surface area contributed by atoms with E-state index in [0.29, 0.717) is 13.0 Å². The summed E-state index contributed by atoms with van der Waals surface area (Å²) in [7, 11) is 0. The summed E-state index contributed by atoms with van der Waals surface area (Å²) in [5.74, 6) is -5.38. The van der Waals surface area contributed by atoms with E-state index >= 15 is 0 Å². The first kappa shape index (κ1) is 22.6. The highest BCUT2D eigenvalue weighted by molar-refractivity contribution is 6.01. The zero-order valence-corrected chi connectivity index (χ0v) is 15.8. The monoisotopic (exact) mass is 431 g/mol. The summed E-state index contributed by atoms with van der Waals surface area (Å²) in [6.45, 7) is 0.692. The van der Waals surface area contributed by atoms with Gasteiger partial charge in [-0.1, -0.05) is 0 Å². The van der Waals surface area contributed by atoms with Crippen LogP contribution in [0.15, 0.2) is 36.4 Å². The molecule has 0 aliphatic carbocycles. The topological polar surface area (TPSA) is 70.2 Å². The van der Waals surface area contributed by atoms with E-state index in [0.717, 1.165) is 24.3 Å². The normalized spacial score (nSPS) is 18.1. The lowest BCUT2D eigenvalue weighted by Crippen LogP contribution is -2.41. The Balaban J connectivity index is 0.00000300. The fraction of sp³-hybridized carbons (Fsp3) is 0.263. The van der Waals surface area contributed by atoms with Crippen LogP contribution in [0, 0.1) is 28.7 Å². The maximum atomic E-state index is 13.4. The minimum atomic E-state index is -1.12. The lowest BCUT2D eigenvalue weighted by molar-refractivity contribution is -0.129. The number of carbonyl (C=O) groups excluding carboxylic acids is 2. The van der Waals surface area contributed by atoms with Gasteiger partial charge >= 0.3 is 0 Å². The molecule has 29 heavy (non-hydrogen) atoms. The molecule has 0 aromatic heterocycles. The maximum Gasteiger partial charge on any atom is 0.232 e. The fourth-order valence-electron chi connectivity index (χ4n) is 3.09. The van der Waals surface area contributed by atoms with Gasteiger partial charge in [0, 0.05) is 36.5 Å². The van der Waals surface area contributed by atoms with Crippen LogP contribution in [0.25, 0.3) is 0 Å². The average Bonchev–Trinajstić information content (AvgIpc) is 3.11. The molecular weight excluding hydrogens is 414 g/mol. The highest BCUT2D eigenvalue weighted by atomic mass is 35.5. The van der Waals surface area contributed by atoms with Crippen LogP contribution in [-0.2, 0) is 9.59 Å². The predicted octanol–water partition coefficient (Wildman–Crippen LogP) is 3.61. The second-order valence-electron chi connectivity index (χ2n) is 6.64. The predicted molar refractivity (Wildman–Crippen MR) is 102 cm³/mol. The van der Waals surface area contributed by atoms with Crippen LogP contribution in [0.1, 0.15) is 12.8 Å². The van der Waals surface area contributed by atoms with Crippen molar-refractivity contribution in [2.75, 3.05) is 23.7 Å². The molecule has 0 saturated carbocycles. The van der Waals surface area contributed by atoms with Gasteiger partial charge in [0.15, 0.2) is 23.3 Å². The van der Waals surface area contributed by atoms with Crippen molar-refractivity contribution in [3.8, 4) is 0 Å². The van der Waals surface area contributed by atoms with Crippen LogP contribution in [0.2, 0.25) is 0 Å². The zero-order chi connectivity index (χ0) is 20.3. The number of hydrogen-bond acceptors (Lipinski definition) is 3. The van der Waals surface area contributed by atoms with Gasteiger partial charge in [0.05, 0.1) is 5.41 Å². The summed E-state index contributed by atoms with van der Waals surface area (Å²) >= 11 is 0. The second kappa shape index (κ2) is 9.23. The molecule has 2 aromatic carbocycles. The van der Waals surface area contributed by atoms with Crippen LogP contribution >= 0.6 is 12.4 Å². The Morgan fingerprint density at radius 3 is 1.93 bits per heavy atom. The standard InChI is InChI=1S/C19H17F4N3O2.ClH/c20-13-3-1-11(7-15(13)22)25-17(27)9-19(5-6-24-10-19)18(28)26-12-2-4-14(21)16(23)8-12;/h1-4,7-8,24H,5-6,9-10H2,(H,25,27)(H,26,28);1H. The summed E-state index contributed by atoms with van der Waals surface area (Å²) < 4.78 is 52.7. The number of carbonyl (C=O) groups is 2. The molecule has 2 amide bonds. The van der Waals surface area contributed by atoms with E-state index in [-0.39, 0.29) is 36.7 Å². The molecule has 5 nitrogen and oxygen atoms in total. The molecule has 0 radical (unpaired) electrons. The third-order valence-electron chi connectivity index (χ3n) is 4.61. The lowest BCUT2D eigenvalue weighted by Gasteiger charge is -2.26. The summed E-state index contributed by atoms with van der Waals surface area (Å²) in [5.41, 5.74) is -0.990. The van der Waals surface area contributed by atoms with Gasteiger partial charge in [0.1, 0.15) is 0 Å². The lowest BCUT2D eigenvalue weighted by atomic mass is 9.82. The van der Waals surface area contributed by atoms with Crippen molar-refractivity contribution >= 4 is 35.6 Å². The van der Waals surface area contributed by atoms with E-state index in [1.54, 1.807) is 0 Å². The molecular formula is C19H18ClF4N3O2. The summed E-state index contributed by atoms with van der Waals surface area (Å²) in [6, 6.07) is 5.89. The minimum absolute atomic E-state index is 0. The van der Waals surface area contributed by atoms with Crippen molar-refractivity contribution in [1.82, 2.24) is 5.32 Å². The van der Waals surface area contributed by atoms with Crippen molar-refractivity contribution in [3.05, 3.63) is 59.7 Å². The number of anilines is 2. The quantitative estimate of drug-likeness (QED) is 0.633. The first-order chi connectivity index (χ1) is 13.3. The van der Waals surface area contributed by atoms with E-state index in [9.17, 15) is 27.2 Å². The smallest absolute Gasteiger partial charge is 0.232 e. The fourth-order valence-corrected chi connectivity index (χ4v) is 3.09. The number of halogens is 5. The molecule has 10 heteroatoms.